The standard InChI is InChI=1S/C21H17BrClF3N4O2/c22-13-5-3-12(4-6-13)19-17(29-9-1-2-18(29)31)11-30(28-19)20(32)27-14-7-8-16(23)15(10-14)21(24,25)26/h3-8,10,17H,1-2,9,11H2,(H,27,32). The molecular weight excluding hydrogens is 513 g/mol. The van der Waals surface area contributed by atoms with Gasteiger partial charge in [-0.2, -0.15) is 18.3 Å². The predicted molar refractivity (Wildman–Crippen MR) is 118 cm³/mol. The Morgan fingerprint density at radius 3 is 2.53 bits per heavy atom. The lowest BCUT2D eigenvalue weighted by Crippen LogP contribution is -2.45. The average Bonchev–Trinajstić information content (AvgIpc) is 3.35. The zero-order valence-electron chi connectivity index (χ0n) is 16.5. The van der Waals surface area contributed by atoms with Crippen molar-refractivity contribution in [3.8, 4) is 0 Å². The van der Waals surface area contributed by atoms with Crippen molar-refractivity contribution in [3.05, 3.63) is 63.1 Å². The quantitative estimate of drug-likeness (QED) is 0.582. The molecule has 2 aromatic carbocycles. The molecule has 4 rings (SSSR count). The van der Waals surface area contributed by atoms with Crippen LogP contribution in [0.25, 0.3) is 0 Å². The number of benzene rings is 2. The second-order valence-electron chi connectivity index (χ2n) is 7.40. The summed E-state index contributed by atoms with van der Waals surface area (Å²) in [7, 11) is 0. The molecule has 2 aromatic rings. The Bertz CT molecular complexity index is 1090. The Morgan fingerprint density at radius 2 is 1.91 bits per heavy atom. The zero-order valence-corrected chi connectivity index (χ0v) is 18.8. The first kappa shape index (κ1) is 22.6. The summed E-state index contributed by atoms with van der Waals surface area (Å²) in [6.07, 6.45) is -3.50. The van der Waals surface area contributed by atoms with Crippen LogP contribution in [0.1, 0.15) is 24.0 Å². The van der Waals surface area contributed by atoms with Crippen molar-refractivity contribution in [2.45, 2.75) is 25.1 Å². The molecule has 168 valence electrons. The van der Waals surface area contributed by atoms with Crippen LogP contribution in [0.4, 0.5) is 23.7 Å². The molecule has 0 radical (unpaired) electrons. The summed E-state index contributed by atoms with van der Waals surface area (Å²) in [6.45, 7) is 0.656. The average molecular weight is 530 g/mol. The van der Waals surface area contributed by atoms with E-state index in [1.165, 1.54) is 6.07 Å². The maximum absolute atomic E-state index is 13.1. The summed E-state index contributed by atoms with van der Waals surface area (Å²) < 4.78 is 40.2. The van der Waals surface area contributed by atoms with Crippen molar-refractivity contribution in [1.29, 1.82) is 0 Å². The summed E-state index contributed by atoms with van der Waals surface area (Å²) in [6, 6.07) is 9.30. The summed E-state index contributed by atoms with van der Waals surface area (Å²) in [5.41, 5.74) is 0.194. The summed E-state index contributed by atoms with van der Waals surface area (Å²) in [5, 5.41) is 7.53. The third kappa shape index (κ3) is 4.61. The fraction of sp³-hybridized carbons (Fsp3) is 0.286. The maximum atomic E-state index is 13.1. The van der Waals surface area contributed by atoms with Crippen molar-refractivity contribution in [2.24, 2.45) is 5.10 Å². The molecule has 0 bridgehead atoms. The van der Waals surface area contributed by atoms with Crippen molar-refractivity contribution in [3.63, 3.8) is 0 Å². The molecule has 3 amide bonds. The second-order valence-corrected chi connectivity index (χ2v) is 8.73. The molecule has 1 atom stereocenters. The number of alkyl halides is 3. The molecule has 1 N–H and O–H groups in total. The van der Waals surface area contributed by atoms with E-state index < -0.39 is 28.8 Å². The minimum absolute atomic E-state index is 0.0189. The van der Waals surface area contributed by atoms with Gasteiger partial charge in [0.15, 0.2) is 0 Å². The van der Waals surface area contributed by atoms with Crippen LogP contribution >= 0.6 is 27.5 Å². The van der Waals surface area contributed by atoms with Gasteiger partial charge in [-0.15, -0.1) is 0 Å². The fourth-order valence-corrected chi connectivity index (χ4v) is 4.23. The van der Waals surface area contributed by atoms with Crippen molar-refractivity contribution in [2.75, 3.05) is 18.4 Å². The monoisotopic (exact) mass is 528 g/mol. The number of rotatable bonds is 3. The largest absolute Gasteiger partial charge is 0.417 e. The smallest absolute Gasteiger partial charge is 0.332 e. The lowest BCUT2D eigenvalue weighted by Gasteiger charge is -2.25. The topological polar surface area (TPSA) is 65.0 Å². The predicted octanol–water partition coefficient (Wildman–Crippen LogP) is 5.36. The SMILES string of the molecule is O=C(Nc1ccc(Cl)c(C(F)(F)F)c1)N1CC(N2CCCC2=O)C(c2ccc(Br)cc2)=N1. The lowest BCUT2D eigenvalue weighted by atomic mass is 10.0. The number of urea groups is 1. The van der Waals surface area contributed by atoms with Crippen LogP contribution in [-0.4, -0.2) is 46.7 Å². The minimum Gasteiger partial charge on any atom is -0.332 e. The van der Waals surface area contributed by atoms with Gasteiger partial charge in [-0.25, -0.2) is 9.80 Å². The Balaban J connectivity index is 1.60. The van der Waals surface area contributed by atoms with Crippen LogP contribution < -0.4 is 5.32 Å². The highest BCUT2D eigenvalue weighted by atomic mass is 79.9. The molecule has 1 saturated heterocycles. The van der Waals surface area contributed by atoms with Crippen LogP contribution in [0.3, 0.4) is 0 Å². The third-order valence-corrected chi connectivity index (χ3v) is 6.13. The summed E-state index contributed by atoms with van der Waals surface area (Å²) in [5.74, 6) is -0.0189. The maximum Gasteiger partial charge on any atom is 0.417 e. The van der Waals surface area contributed by atoms with E-state index in [4.69, 9.17) is 11.6 Å². The van der Waals surface area contributed by atoms with Crippen molar-refractivity contribution < 1.29 is 22.8 Å². The van der Waals surface area contributed by atoms with Crippen molar-refractivity contribution >= 4 is 50.9 Å². The first-order valence-electron chi connectivity index (χ1n) is 9.72. The molecule has 0 saturated carbocycles. The first-order chi connectivity index (χ1) is 15.1. The lowest BCUT2D eigenvalue weighted by molar-refractivity contribution is -0.137. The Kier molecular flexibility index (Phi) is 6.17. The van der Waals surface area contributed by atoms with E-state index in [0.717, 1.165) is 33.6 Å². The number of likely N-dealkylation sites (tertiary alicyclic amines) is 1. The zero-order chi connectivity index (χ0) is 23.0. The van der Waals surface area contributed by atoms with E-state index in [1.807, 2.05) is 24.3 Å². The van der Waals surface area contributed by atoms with Gasteiger partial charge in [-0.1, -0.05) is 39.7 Å². The van der Waals surface area contributed by atoms with E-state index in [9.17, 15) is 22.8 Å². The van der Waals surface area contributed by atoms with E-state index in [2.05, 4.69) is 26.3 Å². The van der Waals surface area contributed by atoms with E-state index >= 15 is 0 Å². The number of carbonyl (C=O) groups excluding carboxylic acids is 2. The molecule has 32 heavy (non-hydrogen) atoms. The molecule has 0 aliphatic carbocycles. The van der Waals surface area contributed by atoms with Gasteiger partial charge in [-0.05, 0) is 36.8 Å². The van der Waals surface area contributed by atoms with Gasteiger partial charge in [0.2, 0.25) is 5.91 Å². The van der Waals surface area contributed by atoms with Crippen LogP contribution in [0.2, 0.25) is 5.02 Å². The van der Waals surface area contributed by atoms with Gasteiger partial charge >= 0.3 is 12.2 Å². The number of hydrogen-bond acceptors (Lipinski definition) is 3. The second kappa shape index (κ2) is 8.74. The molecule has 2 aliphatic rings. The van der Waals surface area contributed by atoms with Gasteiger partial charge in [0.1, 0.15) is 0 Å². The third-order valence-electron chi connectivity index (χ3n) is 5.27. The molecule has 2 heterocycles. The Morgan fingerprint density at radius 1 is 1.19 bits per heavy atom. The minimum atomic E-state index is -4.65. The molecule has 0 spiro atoms. The van der Waals surface area contributed by atoms with Crippen LogP contribution in [0, 0.1) is 0 Å². The molecule has 11 heteroatoms. The van der Waals surface area contributed by atoms with Crippen molar-refractivity contribution in [1.82, 2.24) is 9.91 Å². The highest BCUT2D eigenvalue weighted by Crippen LogP contribution is 2.36. The number of nitrogens with one attached hydrogen (secondary N) is 1. The Hall–Kier alpha value is -2.59. The number of halogens is 5. The van der Waals surface area contributed by atoms with E-state index in [1.54, 1.807) is 4.90 Å². The summed E-state index contributed by atoms with van der Waals surface area (Å²) >= 11 is 9.02. The van der Waals surface area contributed by atoms with Gasteiger partial charge in [0.05, 0.1) is 28.9 Å². The van der Waals surface area contributed by atoms with Gasteiger partial charge in [-0.3, -0.25) is 4.79 Å². The Labute approximate surface area is 195 Å². The molecule has 6 nitrogen and oxygen atoms in total. The number of carbonyl (C=O) groups is 2. The van der Waals surface area contributed by atoms with Gasteiger partial charge in [0, 0.05) is 28.7 Å². The van der Waals surface area contributed by atoms with Crippen LogP contribution in [0.5, 0.6) is 0 Å². The van der Waals surface area contributed by atoms with Crippen LogP contribution in [0.15, 0.2) is 52.0 Å². The number of amides is 3. The van der Waals surface area contributed by atoms with E-state index in [-0.39, 0.29) is 18.1 Å². The van der Waals surface area contributed by atoms with Crippen LogP contribution in [-0.2, 0) is 11.0 Å². The molecule has 1 fully saturated rings. The summed E-state index contributed by atoms with van der Waals surface area (Å²) in [4.78, 5) is 26.9. The molecule has 1 unspecified atom stereocenters. The number of anilines is 1. The first-order valence-corrected chi connectivity index (χ1v) is 10.9. The fourth-order valence-electron chi connectivity index (χ4n) is 3.74. The van der Waals surface area contributed by atoms with Gasteiger partial charge in [0.25, 0.3) is 0 Å². The van der Waals surface area contributed by atoms with E-state index in [0.29, 0.717) is 18.7 Å². The number of hydrogen-bond donors (Lipinski definition) is 1. The molecular formula is C21H17BrClF3N4O2. The van der Waals surface area contributed by atoms with Gasteiger partial charge < -0.3 is 10.2 Å². The number of nitrogens with zero attached hydrogens (tertiary/aromatic N) is 3. The molecule has 0 aromatic heterocycles. The number of hydrazone groups is 1. The molecule has 2 aliphatic heterocycles. The highest BCUT2D eigenvalue weighted by Gasteiger charge is 2.39. The normalized spacial score (nSPS) is 18.8. The highest BCUT2D eigenvalue weighted by molar-refractivity contribution is 9.10.